The second-order valence-corrected chi connectivity index (χ2v) is 6.70. The van der Waals surface area contributed by atoms with Gasteiger partial charge in [-0.3, -0.25) is 0 Å². The zero-order chi connectivity index (χ0) is 14.0. The van der Waals surface area contributed by atoms with Crippen molar-refractivity contribution in [1.82, 2.24) is 0 Å². The third kappa shape index (κ3) is 3.94. The summed E-state index contributed by atoms with van der Waals surface area (Å²) in [5, 5.41) is 9.43. The van der Waals surface area contributed by atoms with Crippen LogP contribution in [0.25, 0.3) is 0 Å². The van der Waals surface area contributed by atoms with E-state index in [4.69, 9.17) is 9.47 Å². The summed E-state index contributed by atoms with van der Waals surface area (Å²) in [5.41, 5.74) is 0.822. The average Bonchev–Trinajstić information content (AvgIpc) is 2.68. The molecule has 1 fully saturated rings. The van der Waals surface area contributed by atoms with Crippen LogP contribution in [0.5, 0.6) is 0 Å². The van der Waals surface area contributed by atoms with Crippen molar-refractivity contribution in [2.75, 3.05) is 12.4 Å². The van der Waals surface area contributed by atoms with E-state index in [2.05, 4.69) is 0 Å². The fourth-order valence-electron chi connectivity index (χ4n) is 2.01. The quantitative estimate of drug-likeness (QED) is 0.859. The molecular weight excluding hydrogens is 264 g/mol. The van der Waals surface area contributed by atoms with E-state index >= 15 is 0 Å². The van der Waals surface area contributed by atoms with Crippen molar-refractivity contribution in [2.24, 2.45) is 0 Å². The lowest BCUT2D eigenvalue weighted by molar-refractivity contribution is -0.135. The van der Waals surface area contributed by atoms with E-state index < -0.39 is 23.1 Å². The van der Waals surface area contributed by atoms with Gasteiger partial charge in [0.1, 0.15) is 11.9 Å². The lowest BCUT2D eigenvalue weighted by Crippen LogP contribution is -2.26. The number of ether oxygens (including phenoxy) is 2. The standard InChI is InChI=1S/C14H20O4S/c1-10(15)11-4-6-13(7-5-11)19(16)9-12-8-17-14(2,3)18-12/h4-7,10,12,15H,8-9H2,1-3H3/t10?,12-,19?/m1/s1. The monoisotopic (exact) mass is 284 g/mol. The molecule has 3 atom stereocenters. The van der Waals surface area contributed by atoms with Crippen LogP contribution in [0.15, 0.2) is 29.2 Å². The highest BCUT2D eigenvalue weighted by atomic mass is 32.2. The van der Waals surface area contributed by atoms with Crippen molar-refractivity contribution in [3.8, 4) is 0 Å². The molecule has 4 nitrogen and oxygen atoms in total. The minimum atomic E-state index is -1.11. The number of benzene rings is 1. The second kappa shape index (κ2) is 5.81. The first-order valence-electron chi connectivity index (χ1n) is 6.35. The molecule has 1 aliphatic rings. The topological polar surface area (TPSA) is 61.8 Å². The van der Waals surface area contributed by atoms with Gasteiger partial charge in [0.05, 0.1) is 12.7 Å². The van der Waals surface area contributed by atoms with Crippen LogP contribution in [0.2, 0.25) is 0 Å². The van der Waals surface area contributed by atoms with Crippen LogP contribution in [0.3, 0.4) is 0 Å². The summed E-state index contributed by atoms with van der Waals surface area (Å²) >= 11 is -1.11. The zero-order valence-corrected chi connectivity index (χ0v) is 12.3. The van der Waals surface area contributed by atoms with Gasteiger partial charge in [-0.1, -0.05) is 12.1 Å². The molecule has 0 bridgehead atoms. The van der Waals surface area contributed by atoms with E-state index in [-0.39, 0.29) is 6.10 Å². The molecule has 2 unspecified atom stereocenters. The predicted octanol–water partition coefficient (Wildman–Crippen LogP) is 2.00. The van der Waals surface area contributed by atoms with E-state index in [1.54, 1.807) is 31.2 Å². The Kier molecular flexibility index (Phi) is 4.53. The molecule has 1 aromatic carbocycles. The Hall–Kier alpha value is -0.590. The highest BCUT2D eigenvalue weighted by Gasteiger charge is 2.35. The Bertz CT molecular complexity index is 416. The summed E-state index contributed by atoms with van der Waals surface area (Å²) in [6, 6.07) is 7.18. The van der Waals surface area contributed by atoms with E-state index in [1.165, 1.54) is 0 Å². The number of aliphatic hydroxyl groups is 1. The van der Waals surface area contributed by atoms with Gasteiger partial charge in [0.25, 0.3) is 0 Å². The van der Waals surface area contributed by atoms with Crippen LogP contribution < -0.4 is 0 Å². The van der Waals surface area contributed by atoms with Gasteiger partial charge in [0.15, 0.2) is 10.7 Å². The second-order valence-electron chi connectivity index (χ2n) is 5.21. The van der Waals surface area contributed by atoms with Gasteiger partial charge in [-0.15, -0.1) is 0 Å². The van der Waals surface area contributed by atoms with Crippen molar-refractivity contribution in [1.29, 1.82) is 0 Å². The Morgan fingerprint density at radius 2 is 2.05 bits per heavy atom. The molecule has 5 heteroatoms. The van der Waals surface area contributed by atoms with Crippen molar-refractivity contribution < 1.29 is 19.1 Å². The third-order valence-electron chi connectivity index (χ3n) is 3.03. The first kappa shape index (κ1) is 14.8. The van der Waals surface area contributed by atoms with Crippen LogP contribution in [0.4, 0.5) is 0 Å². The van der Waals surface area contributed by atoms with Gasteiger partial charge in [-0.05, 0) is 49.6 Å². The molecule has 1 aromatic rings. The summed E-state index contributed by atoms with van der Waals surface area (Å²) in [5.74, 6) is -0.150. The minimum Gasteiger partial charge on any atom is -0.611 e. The molecule has 1 aliphatic heterocycles. The highest BCUT2D eigenvalue weighted by Crippen LogP contribution is 2.25. The van der Waals surface area contributed by atoms with Gasteiger partial charge >= 0.3 is 0 Å². The normalized spacial score (nSPS) is 25.2. The van der Waals surface area contributed by atoms with Gasteiger partial charge in [0, 0.05) is 0 Å². The third-order valence-corrected chi connectivity index (χ3v) is 4.50. The number of hydrogen-bond donors (Lipinski definition) is 1. The minimum absolute atomic E-state index is 0.132. The Morgan fingerprint density at radius 1 is 1.42 bits per heavy atom. The predicted molar refractivity (Wildman–Crippen MR) is 73.3 cm³/mol. The molecule has 1 heterocycles. The Balaban J connectivity index is 1.94. The van der Waals surface area contributed by atoms with Crippen molar-refractivity contribution >= 4 is 11.2 Å². The molecule has 0 saturated carbocycles. The molecule has 0 aromatic heterocycles. The first-order valence-corrected chi connectivity index (χ1v) is 7.67. The molecule has 0 radical (unpaired) electrons. The van der Waals surface area contributed by atoms with Gasteiger partial charge in [0.2, 0.25) is 0 Å². The average molecular weight is 284 g/mol. The summed E-state index contributed by atoms with van der Waals surface area (Å²) < 4.78 is 23.3. The zero-order valence-electron chi connectivity index (χ0n) is 11.5. The number of rotatable bonds is 4. The Labute approximate surface area is 116 Å². The van der Waals surface area contributed by atoms with Crippen molar-refractivity contribution in [3.05, 3.63) is 29.8 Å². The molecule has 0 spiro atoms. The fourth-order valence-corrected chi connectivity index (χ4v) is 3.14. The summed E-state index contributed by atoms with van der Waals surface area (Å²) in [6.45, 7) is 5.89. The number of hydrogen-bond acceptors (Lipinski definition) is 4. The summed E-state index contributed by atoms with van der Waals surface area (Å²) in [4.78, 5) is 0.748. The van der Waals surface area contributed by atoms with E-state index in [0.29, 0.717) is 12.4 Å². The molecule has 2 rings (SSSR count). The fraction of sp³-hybridized carbons (Fsp3) is 0.571. The SMILES string of the molecule is CC(O)c1ccc([S+]([O-])C[C@H]2COC(C)(C)O2)cc1. The smallest absolute Gasteiger partial charge is 0.163 e. The maximum absolute atomic E-state index is 12.2. The van der Waals surface area contributed by atoms with Gasteiger partial charge in [-0.2, -0.15) is 0 Å². The largest absolute Gasteiger partial charge is 0.611 e. The van der Waals surface area contributed by atoms with Gasteiger partial charge < -0.3 is 19.1 Å². The van der Waals surface area contributed by atoms with Crippen molar-refractivity contribution in [3.63, 3.8) is 0 Å². The summed E-state index contributed by atoms with van der Waals surface area (Å²) in [7, 11) is 0. The molecule has 1 N–H and O–H groups in total. The van der Waals surface area contributed by atoms with Crippen molar-refractivity contribution in [2.45, 2.75) is 43.7 Å². The van der Waals surface area contributed by atoms with Crippen LogP contribution in [0, 0.1) is 0 Å². The van der Waals surface area contributed by atoms with Crippen LogP contribution >= 0.6 is 0 Å². The lowest BCUT2D eigenvalue weighted by atomic mass is 10.1. The maximum atomic E-state index is 12.2. The molecular formula is C14H20O4S. The molecule has 0 amide bonds. The number of aliphatic hydroxyl groups excluding tert-OH is 1. The highest BCUT2D eigenvalue weighted by molar-refractivity contribution is 7.91. The first-order chi connectivity index (χ1) is 8.87. The van der Waals surface area contributed by atoms with Gasteiger partial charge in [-0.25, -0.2) is 0 Å². The molecule has 19 heavy (non-hydrogen) atoms. The lowest BCUT2D eigenvalue weighted by Gasteiger charge is -2.18. The molecule has 106 valence electrons. The molecule has 1 saturated heterocycles. The van der Waals surface area contributed by atoms with E-state index in [1.807, 2.05) is 13.8 Å². The van der Waals surface area contributed by atoms with Crippen LogP contribution in [-0.4, -0.2) is 33.9 Å². The Morgan fingerprint density at radius 3 is 2.53 bits per heavy atom. The van der Waals surface area contributed by atoms with E-state index in [0.717, 1.165) is 10.5 Å². The van der Waals surface area contributed by atoms with E-state index in [9.17, 15) is 9.66 Å². The van der Waals surface area contributed by atoms with Crippen LogP contribution in [-0.2, 0) is 20.6 Å². The molecule has 0 aliphatic carbocycles. The summed E-state index contributed by atoms with van der Waals surface area (Å²) in [6.07, 6.45) is -0.637. The van der Waals surface area contributed by atoms with Crippen LogP contribution in [0.1, 0.15) is 32.4 Å². The maximum Gasteiger partial charge on any atom is 0.163 e.